The highest BCUT2D eigenvalue weighted by Crippen LogP contribution is 2.27. The van der Waals surface area contributed by atoms with E-state index >= 15 is 0 Å². The molecule has 1 fully saturated rings. The van der Waals surface area contributed by atoms with E-state index in [4.69, 9.17) is 10.7 Å². The van der Waals surface area contributed by atoms with Crippen LogP contribution in [-0.2, 0) is 6.54 Å². The fraction of sp³-hybridized carbons (Fsp3) is 0.409. The van der Waals surface area contributed by atoms with Gasteiger partial charge in [0.05, 0.1) is 17.5 Å². The summed E-state index contributed by atoms with van der Waals surface area (Å²) < 4.78 is 0. The summed E-state index contributed by atoms with van der Waals surface area (Å²) in [7, 11) is 0. The number of ketones is 1. The van der Waals surface area contributed by atoms with Gasteiger partial charge in [-0.3, -0.25) is 9.69 Å². The molecule has 0 saturated carbocycles. The quantitative estimate of drug-likeness (QED) is 0.681. The highest BCUT2D eigenvalue weighted by Gasteiger charge is 2.26. The number of nitrogens with two attached hydrogens (primary N) is 1. The van der Waals surface area contributed by atoms with Crippen LogP contribution in [0.5, 0.6) is 0 Å². The first-order chi connectivity index (χ1) is 13.3. The minimum Gasteiger partial charge on any atom is -0.344 e. The van der Waals surface area contributed by atoms with Gasteiger partial charge in [-0.25, -0.2) is 9.97 Å². The van der Waals surface area contributed by atoms with E-state index in [1.165, 1.54) is 5.56 Å². The summed E-state index contributed by atoms with van der Waals surface area (Å²) in [6.07, 6.45) is 4.53. The van der Waals surface area contributed by atoms with E-state index in [0.717, 1.165) is 37.3 Å². The topological polar surface area (TPSA) is 87.9 Å². The predicted octanol–water partition coefficient (Wildman–Crippen LogP) is 3.39. The number of nitrogens with one attached hydrogen (secondary N) is 1. The molecule has 0 spiro atoms. The number of nitrogens with zero attached hydrogens (tertiary/aromatic N) is 3. The second-order valence-corrected chi connectivity index (χ2v) is 8.72. The van der Waals surface area contributed by atoms with E-state index in [2.05, 4.69) is 27.0 Å². The van der Waals surface area contributed by atoms with Gasteiger partial charge in [-0.05, 0) is 18.1 Å². The van der Waals surface area contributed by atoms with Crippen molar-refractivity contribution in [3.8, 4) is 11.3 Å². The summed E-state index contributed by atoms with van der Waals surface area (Å²) in [5.74, 6) is 0.0596. The molecule has 1 aromatic carbocycles. The fourth-order valence-electron chi connectivity index (χ4n) is 3.70. The van der Waals surface area contributed by atoms with Crippen LogP contribution in [0.4, 0.5) is 0 Å². The SMILES string of the molecule is CC(C)(C)C(=O)c1c[nH]c2ncc(-c3cccc(CN4CCC(N)C4)c3)nc12. The summed E-state index contributed by atoms with van der Waals surface area (Å²) in [6.45, 7) is 8.61. The number of benzene rings is 1. The zero-order valence-corrected chi connectivity index (χ0v) is 16.7. The van der Waals surface area contributed by atoms with Gasteiger partial charge in [-0.2, -0.15) is 0 Å². The van der Waals surface area contributed by atoms with E-state index in [9.17, 15) is 4.79 Å². The number of hydrogen-bond donors (Lipinski definition) is 2. The van der Waals surface area contributed by atoms with E-state index in [1.807, 2.05) is 32.9 Å². The van der Waals surface area contributed by atoms with Gasteiger partial charge in [0.2, 0.25) is 0 Å². The van der Waals surface area contributed by atoms with Crippen LogP contribution in [0.2, 0.25) is 0 Å². The van der Waals surface area contributed by atoms with Crippen LogP contribution in [0.15, 0.2) is 36.7 Å². The molecule has 2 aromatic heterocycles. The van der Waals surface area contributed by atoms with Gasteiger partial charge in [-0.15, -0.1) is 0 Å². The molecule has 6 nitrogen and oxygen atoms in total. The van der Waals surface area contributed by atoms with Gasteiger partial charge in [0, 0.05) is 42.9 Å². The average molecular weight is 377 g/mol. The first-order valence-corrected chi connectivity index (χ1v) is 9.77. The van der Waals surface area contributed by atoms with Crippen molar-refractivity contribution in [2.75, 3.05) is 13.1 Å². The number of aromatic amines is 1. The Kier molecular flexibility index (Phi) is 4.77. The molecule has 0 amide bonds. The molecule has 4 rings (SSSR count). The number of fused-ring (bicyclic) bond motifs is 1. The molecule has 3 N–H and O–H groups in total. The van der Waals surface area contributed by atoms with Crippen LogP contribution in [0.1, 0.15) is 43.1 Å². The molecular formula is C22H27N5O. The smallest absolute Gasteiger partial charge is 0.171 e. The summed E-state index contributed by atoms with van der Waals surface area (Å²) in [5, 5.41) is 0. The average Bonchev–Trinajstić information content (AvgIpc) is 3.26. The Balaban J connectivity index is 1.66. The molecule has 1 aliphatic heterocycles. The second-order valence-electron chi connectivity index (χ2n) is 8.72. The van der Waals surface area contributed by atoms with Crippen molar-refractivity contribution in [3.05, 3.63) is 47.8 Å². The summed E-state index contributed by atoms with van der Waals surface area (Å²) in [5.41, 5.74) is 10.4. The van der Waals surface area contributed by atoms with Gasteiger partial charge in [0.15, 0.2) is 11.4 Å². The Labute approximate surface area is 165 Å². The third kappa shape index (κ3) is 3.70. The third-order valence-corrected chi connectivity index (χ3v) is 5.24. The number of likely N-dealkylation sites (tertiary alicyclic amines) is 1. The van der Waals surface area contributed by atoms with E-state index in [-0.39, 0.29) is 11.8 Å². The fourth-order valence-corrected chi connectivity index (χ4v) is 3.70. The molecule has 1 saturated heterocycles. The zero-order chi connectivity index (χ0) is 19.9. The number of Topliss-reactive ketones (excluding diaryl/α,β-unsaturated/α-hetero) is 1. The van der Waals surface area contributed by atoms with Crippen molar-refractivity contribution in [1.29, 1.82) is 0 Å². The van der Waals surface area contributed by atoms with Crippen molar-refractivity contribution < 1.29 is 4.79 Å². The molecule has 3 aromatic rings. The standard InChI is InChI=1S/C22H27N5O/c1-22(2,3)20(28)17-10-24-21-19(17)26-18(11-25-21)15-6-4-5-14(9-15)12-27-8-7-16(23)13-27/h4-6,9-11,16H,7-8,12-13,23H2,1-3H3,(H,24,25). The Morgan fingerprint density at radius 1 is 1.36 bits per heavy atom. The number of hydrogen-bond acceptors (Lipinski definition) is 5. The van der Waals surface area contributed by atoms with Crippen molar-refractivity contribution in [2.24, 2.45) is 11.1 Å². The molecule has 1 atom stereocenters. The van der Waals surface area contributed by atoms with Gasteiger partial charge >= 0.3 is 0 Å². The van der Waals surface area contributed by atoms with Crippen LogP contribution in [0.25, 0.3) is 22.4 Å². The maximum atomic E-state index is 12.8. The van der Waals surface area contributed by atoms with E-state index in [1.54, 1.807) is 12.4 Å². The monoisotopic (exact) mass is 377 g/mol. The molecule has 146 valence electrons. The predicted molar refractivity (Wildman–Crippen MR) is 111 cm³/mol. The maximum absolute atomic E-state index is 12.8. The molecular weight excluding hydrogens is 350 g/mol. The largest absolute Gasteiger partial charge is 0.344 e. The lowest BCUT2D eigenvalue weighted by atomic mass is 9.87. The number of H-pyrrole nitrogens is 1. The van der Waals surface area contributed by atoms with Crippen LogP contribution < -0.4 is 5.73 Å². The Morgan fingerprint density at radius 2 is 2.18 bits per heavy atom. The molecule has 1 aliphatic rings. The summed E-state index contributed by atoms with van der Waals surface area (Å²) >= 11 is 0. The van der Waals surface area contributed by atoms with Crippen molar-refractivity contribution in [2.45, 2.75) is 39.8 Å². The van der Waals surface area contributed by atoms with Crippen LogP contribution in [0, 0.1) is 5.41 Å². The number of carbonyl (C=O) groups excluding carboxylic acids is 1. The van der Waals surface area contributed by atoms with Gasteiger partial charge in [-0.1, -0.05) is 39.0 Å². The molecule has 1 unspecified atom stereocenters. The minimum absolute atomic E-state index is 0.0596. The normalized spacial score (nSPS) is 18.1. The highest BCUT2D eigenvalue weighted by molar-refractivity contribution is 6.08. The summed E-state index contributed by atoms with van der Waals surface area (Å²) in [4.78, 5) is 27.5. The first-order valence-electron chi connectivity index (χ1n) is 9.77. The lowest BCUT2D eigenvalue weighted by Crippen LogP contribution is -2.26. The summed E-state index contributed by atoms with van der Waals surface area (Å²) in [6, 6.07) is 8.64. The van der Waals surface area contributed by atoms with Crippen molar-refractivity contribution >= 4 is 16.9 Å². The third-order valence-electron chi connectivity index (χ3n) is 5.24. The number of rotatable bonds is 4. The van der Waals surface area contributed by atoms with Crippen LogP contribution in [-0.4, -0.2) is 44.8 Å². The molecule has 0 radical (unpaired) electrons. The van der Waals surface area contributed by atoms with Crippen molar-refractivity contribution in [3.63, 3.8) is 0 Å². The molecule has 0 aliphatic carbocycles. The highest BCUT2D eigenvalue weighted by atomic mass is 16.1. The molecule has 6 heteroatoms. The Bertz CT molecular complexity index is 1020. The van der Waals surface area contributed by atoms with Gasteiger partial charge in [0.1, 0.15) is 5.52 Å². The number of carbonyl (C=O) groups is 1. The van der Waals surface area contributed by atoms with Crippen molar-refractivity contribution in [1.82, 2.24) is 19.9 Å². The lowest BCUT2D eigenvalue weighted by molar-refractivity contribution is 0.0860. The maximum Gasteiger partial charge on any atom is 0.171 e. The lowest BCUT2D eigenvalue weighted by Gasteiger charge is -2.16. The van der Waals surface area contributed by atoms with E-state index in [0.29, 0.717) is 16.7 Å². The zero-order valence-electron chi connectivity index (χ0n) is 16.7. The number of aromatic nitrogens is 3. The molecule has 0 bridgehead atoms. The van der Waals surface area contributed by atoms with E-state index < -0.39 is 5.41 Å². The molecule has 3 heterocycles. The van der Waals surface area contributed by atoms with Gasteiger partial charge in [0.25, 0.3) is 0 Å². The Hall–Kier alpha value is -2.57. The first kappa shape index (κ1) is 18.8. The van der Waals surface area contributed by atoms with Crippen LogP contribution >= 0.6 is 0 Å². The molecule has 28 heavy (non-hydrogen) atoms. The van der Waals surface area contributed by atoms with Crippen LogP contribution in [0.3, 0.4) is 0 Å². The van der Waals surface area contributed by atoms with Gasteiger partial charge < -0.3 is 10.7 Å². The second kappa shape index (κ2) is 7.11. The Morgan fingerprint density at radius 3 is 2.89 bits per heavy atom. The minimum atomic E-state index is -0.469.